The molecule has 2 aromatic carbocycles. The van der Waals surface area contributed by atoms with Crippen molar-refractivity contribution in [3.05, 3.63) is 53.6 Å². The van der Waals surface area contributed by atoms with Gasteiger partial charge in [-0.05, 0) is 59.7 Å². The number of ether oxygens (including phenoxy) is 1. The highest BCUT2D eigenvalue weighted by molar-refractivity contribution is 5.66. The van der Waals surface area contributed by atoms with Crippen molar-refractivity contribution in [2.45, 2.75) is 32.2 Å². The largest absolute Gasteiger partial charge is 0.493 e. The van der Waals surface area contributed by atoms with Crippen molar-refractivity contribution < 1.29 is 4.74 Å². The minimum Gasteiger partial charge on any atom is -0.493 e. The Balaban J connectivity index is 1.96. The minimum atomic E-state index is 0.121. The zero-order chi connectivity index (χ0) is 13.9. The van der Waals surface area contributed by atoms with Gasteiger partial charge in [-0.1, -0.05) is 31.2 Å². The van der Waals surface area contributed by atoms with Gasteiger partial charge in [-0.15, -0.1) is 0 Å². The molecule has 2 heteroatoms. The molecule has 2 aromatic rings. The number of rotatable bonds is 3. The van der Waals surface area contributed by atoms with Crippen LogP contribution < -0.4 is 10.5 Å². The molecule has 20 heavy (non-hydrogen) atoms. The summed E-state index contributed by atoms with van der Waals surface area (Å²) in [6.07, 6.45) is 3.18. The van der Waals surface area contributed by atoms with E-state index in [-0.39, 0.29) is 6.04 Å². The molecule has 0 aromatic heterocycles. The first-order valence-corrected chi connectivity index (χ1v) is 7.39. The van der Waals surface area contributed by atoms with Crippen LogP contribution in [0.15, 0.2) is 42.5 Å². The van der Waals surface area contributed by atoms with Crippen molar-refractivity contribution in [3.8, 4) is 16.9 Å². The Morgan fingerprint density at radius 2 is 2.00 bits per heavy atom. The molecule has 3 rings (SSSR count). The smallest absolute Gasteiger partial charge is 0.122 e. The molecule has 1 aliphatic rings. The van der Waals surface area contributed by atoms with Crippen molar-refractivity contribution in [2.75, 3.05) is 6.61 Å². The molecule has 0 amide bonds. The third kappa shape index (κ3) is 2.56. The fourth-order valence-corrected chi connectivity index (χ4v) is 2.72. The molecule has 0 saturated carbocycles. The van der Waals surface area contributed by atoms with E-state index in [9.17, 15) is 0 Å². The van der Waals surface area contributed by atoms with Crippen LogP contribution in [0.2, 0.25) is 0 Å². The summed E-state index contributed by atoms with van der Waals surface area (Å²) in [5, 5.41) is 0. The van der Waals surface area contributed by atoms with E-state index < -0.39 is 0 Å². The van der Waals surface area contributed by atoms with Crippen LogP contribution in [0.1, 0.15) is 36.9 Å². The van der Waals surface area contributed by atoms with Gasteiger partial charge in [0.15, 0.2) is 0 Å². The van der Waals surface area contributed by atoms with Gasteiger partial charge >= 0.3 is 0 Å². The summed E-state index contributed by atoms with van der Waals surface area (Å²) in [5.74, 6) is 1.04. The predicted molar refractivity (Wildman–Crippen MR) is 82.9 cm³/mol. The van der Waals surface area contributed by atoms with Crippen molar-refractivity contribution in [3.63, 3.8) is 0 Å². The molecule has 1 aliphatic heterocycles. The highest BCUT2D eigenvalue weighted by Crippen LogP contribution is 2.31. The van der Waals surface area contributed by atoms with Gasteiger partial charge in [-0.25, -0.2) is 0 Å². The molecule has 0 bridgehead atoms. The monoisotopic (exact) mass is 267 g/mol. The maximum Gasteiger partial charge on any atom is 0.122 e. The zero-order valence-electron chi connectivity index (χ0n) is 11.9. The molecule has 0 aliphatic carbocycles. The van der Waals surface area contributed by atoms with Gasteiger partial charge in [0.25, 0.3) is 0 Å². The molecular weight excluding hydrogens is 246 g/mol. The van der Waals surface area contributed by atoms with Crippen molar-refractivity contribution in [1.82, 2.24) is 0 Å². The fourth-order valence-electron chi connectivity index (χ4n) is 2.72. The lowest BCUT2D eigenvalue weighted by molar-refractivity contribution is 0.288. The summed E-state index contributed by atoms with van der Waals surface area (Å²) in [7, 11) is 0. The van der Waals surface area contributed by atoms with Crippen molar-refractivity contribution >= 4 is 0 Å². The second kappa shape index (κ2) is 5.68. The molecule has 104 valence electrons. The second-order valence-electron chi connectivity index (χ2n) is 5.41. The zero-order valence-corrected chi connectivity index (χ0v) is 11.9. The molecule has 0 fully saturated rings. The fraction of sp³-hybridized carbons (Fsp3) is 0.333. The van der Waals surface area contributed by atoms with Crippen molar-refractivity contribution in [2.24, 2.45) is 5.73 Å². The van der Waals surface area contributed by atoms with Crippen LogP contribution in [-0.2, 0) is 6.42 Å². The van der Waals surface area contributed by atoms with E-state index >= 15 is 0 Å². The van der Waals surface area contributed by atoms with E-state index in [2.05, 4.69) is 49.4 Å². The Bertz CT molecular complexity index is 606. The average molecular weight is 267 g/mol. The molecule has 0 spiro atoms. The quantitative estimate of drug-likeness (QED) is 0.909. The summed E-state index contributed by atoms with van der Waals surface area (Å²) < 4.78 is 5.67. The molecule has 1 atom stereocenters. The number of fused-ring (bicyclic) bond motifs is 1. The van der Waals surface area contributed by atoms with E-state index in [0.29, 0.717) is 0 Å². The van der Waals surface area contributed by atoms with E-state index in [1.54, 1.807) is 0 Å². The van der Waals surface area contributed by atoms with E-state index in [1.807, 2.05) is 0 Å². The Kier molecular flexibility index (Phi) is 3.75. The van der Waals surface area contributed by atoms with Crippen LogP contribution in [0.4, 0.5) is 0 Å². The van der Waals surface area contributed by atoms with Gasteiger partial charge in [0.2, 0.25) is 0 Å². The lowest BCUT2D eigenvalue weighted by Gasteiger charge is -2.18. The van der Waals surface area contributed by atoms with Crippen LogP contribution >= 0.6 is 0 Å². The van der Waals surface area contributed by atoms with E-state index in [4.69, 9.17) is 10.5 Å². The predicted octanol–water partition coefficient (Wildman–Crippen LogP) is 4.09. The topological polar surface area (TPSA) is 35.2 Å². The maximum atomic E-state index is 6.13. The number of hydrogen-bond acceptors (Lipinski definition) is 2. The number of benzene rings is 2. The molecule has 2 N–H and O–H groups in total. The lowest BCUT2D eigenvalue weighted by atomic mass is 9.96. The standard InChI is InChI=1S/C18H21NO/c1-2-17(19)15-6-3-5-13(11-15)14-8-9-18-16(12-14)7-4-10-20-18/h3,5-6,8-9,11-12,17H,2,4,7,10,19H2,1H3. The first-order chi connectivity index (χ1) is 9.78. The summed E-state index contributed by atoms with van der Waals surface area (Å²) in [4.78, 5) is 0. The van der Waals surface area contributed by atoms with Gasteiger partial charge in [0.1, 0.15) is 5.75 Å². The molecular formula is C18H21NO. The van der Waals surface area contributed by atoms with Crippen LogP contribution in [0, 0.1) is 0 Å². The highest BCUT2D eigenvalue weighted by Gasteiger charge is 2.12. The SMILES string of the molecule is CCC(N)c1cccc(-c2ccc3c(c2)CCCO3)c1. The minimum absolute atomic E-state index is 0.121. The molecule has 2 nitrogen and oxygen atoms in total. The van der Waals surface area contributed by atoms with Crippen molar-refractivity contribution in [1.29, 1.82) is 0 Å². The van der Waals surface area contributed by atoms with E-state index in [1.165, 1.54) is 22.3 Å². The van der Waals surface area contributed by atoms with E-state index in [0.717, 1.165) is 31.6 Å². The Labute approximate surface area is 120 Å². The summed E-state index contributed by atoms with van der Waals surface area (Å²) in [6, 6.07) is 15.2. The first kappa shape index (κ1) is 13.2. The van der Waals surface area contributed by atoms with Crippen LogP contribution in [-0.4, -0.2) is 6.61 Å². The Morgan fingerprint density at radius 1 is 1.15 bits per heavy atom. The van der Waals surface area contributed by atoms with Gasteiger partial charge < -0.3 is 10.5 Å². The van der Waals surface area contributed by atoms with Crippen LogP contribution in [0.25, 0.3) is 11.1 Å². The Hall–Kier alpha value is -1.80. The summed E-state index contributed by atoms with van der Waals surface area (Å²) in [6.45, 7) is 2.96. The molecule has 1 heterocycles. The third-order valence-electron chi connectivity index (χ3n) is 4.00. The highest BCUT2D eigenvalue weighted by atomic mass is 16.5. The third-order valence-corrected chi connectivity index (χ3v) is 4.00. The second-order valence-corrected chi connectivity index (χ2v) is 5.41. The number of nitrogens with two attached hydrogens (primary N) is 1. The average Bonchev–Trinajstić information content (AvgIpc) is 2.53. The lowest BCUT2D eigenvalue weighted by Crippen LogP contribution is -2.09. The number of hydrogen-bond donors (Lipinski definition) is 1. The van der Waals surface area contributed by atoms with Gasteiger partial charge in [0.05, 0.1) is 6.61 Å². The Morgan fingerprint density at radius 3 is 2.85 bits per heavy atom. The molecule has 0 radical (unpaired) electrons. The molecule has 0 saturated heterocycles. The maximum absolute atomic E-state index is 6.13. The summed E-state index contributed by atoms with van der Waals surface area (Å²) in [5.41, 5.74) is 11.1. The van der Waals surface area contributed by atoms with Gasteiger partial charge in [-0.2, -0.15) is 0 Å². The molecule has 1 unspecified atom stereocenters. The van der Waals surface area contributed by atoms with Crippen LogP contribution in [0.3, 0.4) is 0 Å². The first-order valence-electron chi connectivity index (χ1n) is 7.39. The van der Waals surface area contributed by atoms with Gasteiger partial charge in [-0.3, -0.25) is 0 Å². The number of aryl methyl sites for hydroxylation is 1. The normalized spacial score (nSPS) is 15.3. The van der Waals surface area contributed by atoms with Gasteiger partial charge in [0, 0.05) is 6.04 Å². The van der Waals surface area contributed by atoms with Crippen LogP contribution in [0.5, 0.6) is 5.75 Å². The summed E-state index contributed by atoms with van der Waals surface area (Å²) >= 11 is 0.